The molecule has 0 aromatic heterocycles. The Hall–Kier alpha value is -0.850. The summed E-state index contributed by atoms with van der Waals surface area (Å²) in [6.07, 6.45) is 3.44. The van der Waals surface area contributed by atoms with Crippen LogP contribution in [0.3, 0.4) is 0 Å². The number of carbonyl (C=O) groups is 1. The Kier molecular flexibility index (Phi) is 5.23. The number of rotatable bonds is 7. The zero-order valence-electron chi connectivity index (χ0n) is 11.5. The summed E-state index contributed by atoms with van der Waals surface area (Å²) in [4.78, 5) is 11.4. The van der Waals surface area contributed by atoms with Gasteiger partial charge in [0.2, 0.25) is 0 Å². The van der Waals surface area contributed by atoms with Gasteiger partial charge in [-0.3, -0.25) is 4.79 Å². The molecule has 20 heavy (non-hydrogen) atoms. The molecule has 0 amide bonds. The number of halogens is 2. The van der Waals surface area contributed by atoms with Gasteiger partial charge in [0.05, 0.1) is 12.3 Å². The molecule has 0 saturated heterocycles. The molecule has 1 fully saturated rings. The van der Waals surface area contributed by atoms with Gasteiger partial charge in [-0.2, -0.15) is 0 Å². The molecule has 0 atom stereocenters. The number of hydrogen-bond acceptors (Lipinski definition) is 3. The second-order valence-electron chi connectivity index (χ2n) is 5.28. The molecular formula is C15H19FINO2. The second-order valence-corrected chi connectivity index (χ2v) is 6.53. The van der Waals surface area contributed by atoms with Crippen LogP contribution in [0.1, 0.15) is 32.6 Å². The maximum absolute atomic E-state index is 13.7. The molecule has 0 aliphatic heterocycles. The van der Waals surface area contributed by atoms with Gasteiger partial charge < -0.3 is 10.1 Å². The summed E-state index contributed by atoms with van der Waals surface area (Å²) in [7, 11) is 0. The highest BCUT2D eigenvalue weighted by Crippen LogP contribution is 2.49. The Morgan fingerprint density at radius 1 is 1.50 bits per heavy atom. The Labute approximate surface area is 132 Å². The topological polar surface area (TPSA) is 38.3 Å². The first-order chi connectivity index (χ1) is 9.54. The SMILES string of the molecule is CCOC(=O)CCC1(CNc2ccc(I)cc2F)CC1. The van der Waals surface area contributed by atoms with Crippen molar-refractivity contribution in [2.75, 3.05) is 18.5 Å². The Morgan fingerprint density at radius 3 is 2.85 bits per heavy atom. The number of hydrogen-bond donors (Lipinski definition) is 1. The van der Waals surface area contributed by atoms with Crippen LogP contribution in [-0.2, 0) is 9.53 Å². The van der Waals surface area contributed by atoms with E-state index in [2.05, 4.69) is 27.9 Å². The summed E-state index contributed by atoms with van der Waals surface area (Å²) in [6.45, 7) is 2.95. The van der Waals surface area contributed by atoms with E-state index in [0.717, 1.165) is 22.8 Å². The van der Waals surface area contributed by atoms with Gasteiger partial charge in [-0.25, -0.2) is 4.39 Å². The third kappa shape index (κ3) is 4.33. The normalized spacial score (nSPS) is 15.8. The lowest BCUT2D eigenvalue weighted by molar-refractivity contribution is -0.143. The van der Waals surface area contributed by atoms with Crippen molar-refractivity contribution in [2.24, 2.45) is 5.41 Å². The van der Waals surface area contributed by atoms with Gasteiger partial charge in [0.15, 0.2) is 0 Å². The van der Waals surface area contributed by atoms with Crippen LogP contribution in [0.2, 0.25) is 0 Å². The largest absolute Gasteiger partial charge is 0.466 e. The lowest BCUT2D eigenvalue weighted by Gasteiger charge is -2.17. The molecule has 1 saturated carbocycles. The van der Waals surface area contributed by atoms with E-state index in [9.17, 15) is 9.18 Å². The van der Waals surface area contributed by atoms with E-state index in [1.165, 1.54) is 6.07 Å². The van der Waals surface area contributed by atoms with Gasteiger partial charge in [-0.05, 0) is 72.4 Å². The van der Waals surface area contributed by atoms with Crippen LogP contribution in [0.15, 0.2) is 18.2 Å². The molecule has 1 aliphatic rings. The highest BCUT2D eigenvalue weighted by molar-refractivity contribution is 14.1. The molecule has 0 unspecified atom stereocenters. The first-order valence-electron chi connectivity index (χ1n) is 6.89. The maximum atomic E-state index is 13.7. The number of benzene rings is 1. The highest BCUT2D eigenvalue weighted by atomic mass is 127. The quantitative estimate of drug-likeness (QED) is 0.565. The fraction of sp³-hybridized carbons (Fsp3) is 0.533. The predicted molar refractivity (Wildman–Crippen MR) is 85.1 cm³/mol. The maximum Gasteiger partial charge on any atom is 0.305 e. The Morgan fingerprint density at radius 2 is 2.25 bits per heavy atom. The van der Waals surface area contributed by atoms with E-state index in [0.29, 0.717) is 25.3 Å². The molecule has 110 valence electrons. The van der Waals surface area contributed by atoms with Crippen LogP contribution in [0.25, 0.3) is 0 Å². The number of carbonyl (C=O) groups excluding carboxylic acids is 1. The van der Waals surface area contributed by atoms with Gasteiger partial charge in [0.25, 0.3) is 0 Å². The molecule has 1 aliphatic carbocycles. The predicted octanol–water partition coefficient (Wildman–Crippen LogP) is 3.97. The van der Waals surface area contributed by atoms with Crippen molar-refractivity contribution >= 4 is 34.2 Å². The van der Waals surface area contributed by atoms with E-state index in [1.807, 2.05) is 13.0 Å². The molecule has 1 N–H and O–H groups in total. The average Bonchev–Trinajstić information content (AvgIpc) is 3.17. The third-order valence-electron chi connectivity index (χ3n) is 3.71. The highest BCUT2D eigenvalue weighted by Gasteiger charge is 2.42. The summed E-state index contributed by atoms with van der Waals surface area (Å²) in [5.41, 5.74) is 0.676. The summed E-state index contributed by atoms with van der Waals surface area (Å²) in [5.74, 6) is -0.364. The smallest absolute Gasteiger partial charge is 0.305 e. The van der Waals surface area contributed by atoms with Gasteiger partial charge in [0, 0.05) is 16.5 Å². The molecular weight excluding hydrogens is 372 g/mol. The molecule has 2 rings (SSSR count). The van der Waals surface area contributed by atoms with Crippen LogP contribution in [0.5, 0.6) is 0 Å². The summed E-state index contributed by atoms with van der Waals surface area (Å²) in [5, 5.41) is 3.17. The Bertz CT molecular complexity index is 489. The van der Waals surface area contributed by atoms with Crippen LogP contribution in [0.4, 0.5) is 10.1 Å². The molecule has 0 spiro atoms. The lowest BCUT2D eigenvalue weighted by Crippen LogP contribution is -2.18. The van der Waals surface area contributed by atoms with E-state index >= 15 is 0 Å². The van der Waals surface area contributed by atoms with Crippen molar-refractivity contribution < 1.29 is 13.9 Å². The van der Waals surface area contributed by atoms with Crippen LogP contribution in [-0.4, -0.2) is 19.1 Å². The number of esters is 1. The van der Waals surface area contributed by atoms with Gasteiger partial charge in [0.1, 0.15) is 5.82 Å². The van der Waals surface area contributed by atoms with E-state index in [4.69, 9.17) is 4.74 Å². The molecule has 5 heteroatoms. The lowest BCUT2D eigenvalue weighted by atomic mass is 10.00. The molecule has 0 bridgehead atoms. The standard InChI is InChI=1S/C15H19FINO2/c1-2-20-14(19)5-6-15(7-8-15)10-18-13-4-3-11(17)9-12(13)16/h3-4,9,18H,2,5-8,10H2,1H3. The molecule has 3 nitrogen and oxygen atoms in total. The van der Waals surface area contributed by atoms with E-state index in [-0.39, 0.29) is 17.2 Å². The third-order valence-corrected chi connectivity index (χ3v) is 4.38. The Balaban J connectivity index is 1.82. The fourth-order valence-corrected chi connectivity index (χ4v) is 2.66. The number of anilines is 1. The minimum Gasteiger partial charge on any atom is -0.466 e. The minimum atomic E-state index is -0.224. The summed E-state index contributed by atoms with van der Waals surface area (Å²) < 4.78 is 19.5. The molecule has 1 aromatic carbocycles. The zero-order chi connectivity index (χ0) is 14.6. The molecule has 1 aromatic rings. The summed E-state index contributed by atoms with van der Waals surface area (Å²) in [6, 6.07) is 5.16. The molecule has 0 heterocycles. The van der Waals surface area contributed by atoms with Crippen LogP contribution >= 0.6 is 22.6 Å². The van der Waals surface area contributed by atoms with Gasteiger partial charge in [-0.15, -0.1) is 0 Å². The van der Waals surface area contributed by atoms with Crippen molar-refractivity contribution in [1.29, 1.82) is 0 Å². The fourth-order valence-electron chi connectivity index (χ4n) is 2.21. The van der Waals surface area contributed by atoms with Crippen molar-refractivity contribution in [1.82, 2.24) is 0 Å². The zero-order valence-corrected chi connectivity index (χ0v) is 13.7. The number of ether oxygens (including phenoxy) is 1. The van der Waals surface area contributed by atoms with Gasteiger partial charge >= 0.3 is 5.97 Å². The first-order valence-corrected chi connectivity index (χ1v) is 7.97. The van der Waals surface area contributed by atoms with Crippen molar-refractivity contribution in [3.63, 3.8) is 0 Å². The van der Waals surface area contributed by atoms with Crippen molar-refractivity contribution in [2.45, 2.75) is 32.6 Å². The van der Waals surface area contributed by atoms with E-state index in [1.54, 1.807) is 6.07 Å². The minimum absolute atomic E-state index is 0.140. The van der Waals surface area contributed by atoms with Gasteiger partial charge in [-0.1, -0.05) is 0 Å². The second kappa shape index (κ2) is 6.74. The van der Waals surface area contributed by atoms with Crippen molar-refractivity contribution in [3.05, 3.63) is 27.6 Å². The average molecular weight is 391 g/mol. The van der Waals surface area contributed by atoms with Crippen molar-refractivity contribution in [3.8, 4) is 0 Å². The van der Waals surface area contributed by atoms with Crippen LogP contribution in [0, 0.1) is 14.8 Å². The monoisotopic (exact) mass is 391 g/mol. The molecule has 0 radical (unpaired) electrons. The number of nitrogens with one attached hydrogen (secondary N) is 1. The first kappa shape index (κ1) is 15.5. The van der Waals surface area contributed by atoms with Crippen LogP contribution < -0.4 is 5.32 Å². The van der Waals surface area contributed by atoms with E-state index < -0.39 is 0 Å². The summed E-state index contributed by atoms with van der Waals surface area (Å²) >= 11 is 2.09.